The molecule has 1 aromatic carbocycles. The molecule has 3 rings (SSSR count). The van der Waals surface area contributed by atoms with Crippen molar-refractivity contribution in [3.05, 3.63) is 41.5 Å². The molecule has 1 fully saturated rings. The lowest BCUT2D eigenvalue weighted by atomic mass is 10.1. The van der Waals surface area contributed by atoms with Crippen molar-refractivity contribution >= 4 is 17.7 Å². The number of esters is 1. The van der Waals surface area contributed by atoms with Crippen LogP contribution in [0.4, 0.5) is 10.5 Å². The highest BCUT2D eigenvalue weighted by Crippen LogP contribution is 2.38. The van der Waals surface area contributed by atoms with Gasteiger partial charge in [0.2, 0.25) is 11.7 Å². The second kappa shape index (κ2) is 6.69. The van der Waals surface area contributed by atoms with Gasteiger partial charge in [0.1, 0.15) is 0 Å². The first-order valence-electron chi connectivity index (χ1n) is 7.50. The monoisotopic (exact) mass is 331 g/mol. The third-order valence-electron chi connectivity index (χ3n) is 3.68. The Morgan fingerprint density at radius 3 is 2.79 bits per heavy atom. The van der Waals surface area contributed by atoms with E-state index in [9.17, 15) is 9.59 Å². The lowest BCUT2D eigenvalue weighted by Crippen LogP contribution is -2.27. The van der Waals surface area contributed by atoms with Crippen LogP contribution in [0.15, 0.2) is 28.8 Å². The summed E-state index contributed by atoms with van der Waals surface area (Å²) in [5, 5.41) is 3.79. The molecular formula is C16H17N3O5. The summed E-state index contributed by atoms with van der Waals surface area (Å²) in [7, 11) is 2.78. The summed E-state index contributed by atoms with van der Waals surface area (Å²) < 4.78 is 15.0. The van der Waals surface area contributed by atoms with Gasteiger partial charge in [-0.2, -0.15) is 4.98 Å². The molecule has 0 bridgehead atoms. The molecule has 0 spiro atoms. The number of amides is 1. The Morgan fingerprint density at radius 1 is 1.33 bits per heavy atom. The molecule has 1 aromatic heterocycles. The van der Waals surface area contributed by atoms with E-state index in [0.717, 1.165) is 12.8 Å². The number of para-hydroxylation sites is 1. The summed E-state index contributed by atoms with van der Waals surface area (Å²) >= 11 is 0. The van der Waals surface area contributed by atoms with Crippen LogP contribution in [0.5, 0.6) is 0 Å². The molecule has 0 saturated heterocycles. The molecule has 1 saturated carbocycles. The molecule has 1 aliphatic carbocycles. The van der Waals surface area contributed by atoms with Crippen LogP contribution in [-0.4, -0.2) is 36.4 Å². The quantitative estimate of drug-likeness (QED) is 0.777. The van der Waals surface area contributed by atoms with Crippen molar-refractivity contribution in [1.82, 2.24) is 10.1 Å². The molecule has 2 aromatic rings. The van der Waals surface area contributed by atoms with Gasteiger partial charge in [-0.25, -0.2) is 9.59 Å². The zero-order valence-electron chi connectivity index (χ0n) is 13.4. The standard InChI is InChI=1S/C16H17N3O5/c1-19(16(21)22-2)12-6-4-3-5-11(12)15(20)23-9-13-17-14(24-18-13)10-7-8-10/h3-6,10H,7-9H2,1-2H3. The number of nitrogens with zero attached hydrogens (tertiary/aromatic N) is 3. The van der Waals surface area contributed by atoms with E-state index in [4.69, 9.17) is 9.26 Å². The average molecular weight is 331 g/mol. The van der Waals surface area contributed by atoms with Crippen molar-refractivity contribution in [2.45, 2.75) is 25.4 Å². The topological polar surface area (TPSA) is 94.8 Å². The second-order valence-corrected chi connectivity index (χ2v) is 5.45. The number of rotatable bonds is 5. The maximum Gasteiger partial charge on any atom is 0.413 e. The van der Waals surface area contributed by atoms with E-state index >= 15 is 0 Å². The van der Waals surface area contributed by atoms with Gasteiger partial charge in [-0.15, -0.1) is 0 Å². The van der Waals surface area contributed by atoms with Crippen LogP contribution in [0.1, 0.15) is 40.8 Å². The van der Waals surface area contributed by atoms with Gasteiger partial charge in [-0.05, 0) is 25.0 Å². The summed E-state index contributed by atoms with van der Waals surface area (Å²) in [5.41, 5.74) is 0.637. The predicted molar refractivity (Wildman–Crippen MR) is 82.6 cm³/mol. The number of aromatic nitrogens is 2. The Kier molecular flexibility index (Phi) is 4.45. The van der Waals surface area contributed by atoms with E-state index in [1.807, 2.05) is 0 Å². The SMILES string of the molecule is COC(=O)N(C)c1ccccc1C(=O)OCc1noc(C2CC2)n1. The first kappa shape index (κ1) is 16.0. The van der Waals surface area contributed by atoms with Crippen LogP contribution >= 0.6 is 0 Å². The summed E-state index contributed by atoms with van der Waals surface area (Å²) in [5.74, 6) is 0.673. The van der Waals surface area contributed by atoms with Gasteiger partial charge in [0.15, 0.2) is 6.61 Å². The van der Waals surface area contributed by atoms with E-state index in [-0.39, 0.29) is 12.2 Å². The number of anilines is 1. The highest BCUT2D eigenvalue weighted by molar-refractivity contribution is 6.00. The third kappa shape index (κ3) is 3.37. The Morgan fingerprint density at radius 2 is 2.08 bits per heavy atom. The fourth-order valence-electron chi connectivity index (χ4n) is 2.20. The van der Waals surface area contributed by atoms with Gasteiger partial charge in [0, 0.05) is 13.0 Å². The average Bonchev–Trinajstić information content (AvgIpc) is 3.36. The number of hydrogen-bond acceptors (Lipinski definition) is 7. The molecule has 0 radical (unpaired) electrons. The van der Waals surface area contributed by atoms with Gasteiger partial charge in [0.25, 0.3) is 0 Å². The van der Waals surface area contributed by atoms with Crippen LogP contribution in [0, 0.1) is 0 Å². The fourth-order valence-corrected chi connectivity index (χ4v) is 2.20. The number of ether oxygens (including phenoxy) is 2. The Balaban J connectivity index is 1.68. The summed E-state index contributed by atoms with van der Waals surface area (Å²) in [6, 6.07) is 6.60. The summed E-state index contributed by atoms with van der Waals surface area (Å²) in [6.45, 7) is -0.0919. The molecule has 0 N–H and O–H groups in total. The van der Waals surface area contributed by atoms with Crippen molar-refractivity contribution in [2.75, 3.05) is 19.1 Å². The number of hydrogen-bond donors (Lipinski definition) is 0. The van der Waals surface area contributed by atoms with Crippen LogP contribution in [0.2, 0.25) is 0 Å². The minimum absolute atomic E-state index is 0.0919. The molecule has 0 unspecified atom stereocenters. The molecule has 1 aliphatic rings. The number of carbonyl (C=O) groups excluding carboxylic acids is 2. The zero-order valence-corrected chi connectivity index (χ0v) is 13.4. The Hall–Kier alpha value is -2.90. The first-order valence-corrected chi connectivity index (χ1v) is 7.50. The maximum atomic E-state index is 12.3. The minimum atomic E-state index is -0.584. The molecule has 8 nitrogen and oxygen atoms in total. The molecule has 126 valence electrons. The molecule has 1 heterocycles. The Labute approximate surface area is 138 Å². The lowest BCUT2D eigenvalue weighted by Gasteiger charge is -2.18. The maximum absolute atomic E-state index is 12.3. The van der Waals surface area contributed by atoms with Crippen LogP contribution in [0.3, 0.4) is 0 Å². The molecule has 1 amide bonds. The molecule has 8 heteroatoms. The fraction of sp³-hybridized carbons (Fsp3) is 0.375. The van der Waals surface area contributed by atoms with Crippen molar-refractivity contribution in [3.8, 4) is 0 Å². The second-order valence-electron chi connectivity index (χ2n) is 5.45. The number of carbonyl (C=O) groups is 2. The molecule has 24 heavy (non-hydrogen) atoms. The summed E-state index contributed by atoms with van der Waals surface area (Å²) in [6.07, 6.45) is 1.52. The Bertz CT molecular complexity index is 754. The smallest absolute Gasteiger partial charge is 0.413 e. The highest BCUT2D eigenvalue weighted by Gasteiger charge is 2.29. The number of methoxy groups -OCH3 is 1. The summed E-state index contributed by atoms with van der Waals surface area (Å²) in [4.78, 5) is 29.4. The minimum Gasteiger partial charge on any atom is -0.454 e. The zero-order chi connectivity index (χ0) is 17.1. The van der Waals surface area contributed by atoms with E-state index in [0.29, 0.717) is 23.3 Å². The number of benzene rings is 1. The largest absolute Gasteiger partial charge is 0.454 e. The van der Waals surface area contributed by atoms with Crippen molar-refractivity contribution < 1.29 is 23.6 Å². The van der Waals surface area contributed by atoms with Gasteiger partial charge >= 0.3 is 12.1 Å². The lowest BCUT2D eigenvalue weighted by molar-refractivity contribution is 0.0460. The van der Waals surface area contributed by atoms with Gasteiger partial charge < -0.3 is 14.0 Å². The van der Waals surface area contributed by atoms with E-state index in [1.165, 1.54) is 19.1 Å². The molecule has 0 aliphatic heterocycles. The van der Waals surface area contributed by atoms with Gasteiger partial charge in [0.05, 0.1) is 18.4 Å². The van der Waals surface area contributed by atoms with Crippen molar-refractivity contribution in [1.29, 1.82) is 0 Å². The van der Waals surface area contributed by atoms with Crippen molar-refractivity contribution in [3.63, 3.8) is 0 Å². The van der Waals surface area contributed by atoms with E-state index in [2.05, 4.69) is 14.9 Å². The first-order chi connectivity index (χ1) is 11.6. The van der Waals surface area contributed by atoms with E-state index < -0.39 is 12.1 Å². The van der Waals surface area contributed by atoms with Gasteiger partial charge in [-0.1, -0.05) is 17.3 Å². The van der Waals surface area contributed by atoms with E-state index in [1.54, 1.807) is 24.3 Å². The molecular weight excluding hydrogens is 314 g/mol. The highest BCUT2D eigenvalue weighted by atomic mass is 16.5. The van der Waals surface area contributed by atoms with Crippen molar-refractivity contribution in [2.24, 2.45) is 0 Å². The predicted octanol–water partition coefficient (Wildman–Crippen LogP) is 2.51. The van der Waals surface area contributed by atoms with Crippen LogP contribution < -0.4 is 4.90 Å². The third-order valence-corrected chi connectivity index (χ3v) is 3.68. The van der Waals surface area contributed by atoms with Crippen LogP contribution in [0.25, 0.3) is 0 Å². The van der Waals surface area contributed by atoms with Crippen LogP contribution in [-0.2, 0) is 16.1 Å². The normalized spacial score (nSPS) is 13.4. The van der Waals surface area contributed by atoms with Gasteiger partial charge in [-0.3, -0.25) is 4.90 Å². The molecule has 0 atom stereocenters.